The molecule has 1 atom stereocenters. The number of likely N-dealkylation sites (N-methyl/N-ethyl adjacent to an activating group) is 1. The summed E-state index contributed by atoms with van der Waals surface area (Å²) >= 11 is 6.02. The van der Waals surface area contributed by atoms with Gasteiger partial charge in [0.15, 0.2) is 0 Å². The average molecular weight is 255 g/mol. The van der Waals surface area contributed by atoms with Crippen LogP contribution in [-0.2, 0) is 0 Å². The summed E-state index contributed by atoms with van der Waals surface area (Å²) in [5, 5.41) is 0.575. The van der Waals surface area contributed by atoms with Gasteiger partial charge in [0.05, 0.1) is 0 Å². The van der Waals surface area contributed by atoms with Gasteiger partial charge in [-0.3, -0.25) is 4.90 Å². The normalized spacial score (nSPS) is 23.9. The van der Waals surface area contributed by atoms with Crippen LogP contribution >= 0.6 is 11.6 Å². The van der Waals surface area contributed by atoms with Crippen LogP contribution in [0.5, 0.6) is 5.88 Å². The molecule has 2 heterocycles. The Morgan fingerprint density at radius 2 is 2.35 bits per heavy atom. The summed E-state index contributed by atoms with van der Waals surface area (Å²) in [6.45, 7) is 6.33. The number of hydrogen-bond donors (Lipinski definition) is 0. The van der Waals surface area contributed by atoms with Crippen molar-refractivity contribution < 1.29 is 4.74 Å². The van der Waals surface area contributed by atoms with Gasteiger partial charge >= 0.3 is 0 Å². The lowest BCUT2D eigenvalue weighted by Crippen LogP contribution is -2.39. The number of hydrogen-bond acceptors (Lipinski definition) is 3. The quantitative estimate of drug-likeness (QED) is 0.830. The Hall–Kier alpha value is -0.800. The third kappa shape index (κ3) is 2.72. The molecule has 1 aromatic rings. The van der Waals surface area contributed by atoms with E-state index in [9.17, 15) is 0 Å². The molecule has 1 aliphatic heterocycles. The van der Waals surface area contributed by atoms with Crippen LogP contribution in [0.25, 0.3) is 0 Å². The van der Waals surface area contributed by atoms with E-state index in [1.165, 1.54) is 6.42 Å². The van der Waals surface area contributed by atoms with Crippen LogP contribution in [-0.4, -0.2) is 36.1 Å². The first-order chi connectivity index (χ1) is 8.00. The molecule has 1 saturated heterocycles. The van der Waals surface area contributed by atoms with Crippen molar-refractivity contribution in [2.75, 3.05) is 20.2 Å². The molecule has 0 saturated carbocycles. The van der Waals surface area contributed by atoms with Crippen molar-refractivity contribution in [1.29, 1.82) is 0 Å². The highest BCUT2D eigenvalue weighted by Gasteiger charge is 2.38. The predicted molar refractivity (Wildman–Crippen MR) is 69.6 cm³/mol. The van der Waals surface area contributed by atoms with Crippen molar-refractivity contribution in [3.05, 3.63) is 23.4 Å². The van der Waals surface area contributed by atoms with E-state index in [0.717, 1.165) is 6.54 Å². The van der Waals surface area contributed by atoms with Gasteiger partial charge < -0.3 is 4.74 Å². The maximum absolute atomic E-state index is 6.02. The SMILES string of the molecule is CN1CCC(C)(C)C1COc1ncccc1Cl. The zero-order valence-corrected chi connectivity index (χ0v) is 11.4. The average Bonchev–Trinajstić information content (AvgIpc) is 2.53. The van der Waals surface area contributed by atoms with E-state index >= 15 is 0 Å². The number of rotatable bonds is 3. The molecule has 3 nitrogen and oxygen atoms in total. The third-order valence-electron chi connectivity index (χ3n) is 3.65. The van der Waals surface area contributed by atoms with Crippen molar-refractivity contribution in [1.82, 2.24) is 9.88 Å². The van der Waals surface area contributed by atoms with Gasteiger partial charge in [0.2, 0.25) is 5.88 Å². The first-order valence-corrected chi connectivity index (χ1v) is 6.32. The highest BCUT2D eigenvalue weighted by molar-refractivity contribution is 6.31. The highest BCUT2D eigenvalue weighted by atomic mass is 35.5. The lowest BCUT2D eigenvalue weighted by molar-refractivity contribution is 0.131. The minimum atomic E-state index is 0.288. The van der Waals surface area contributed by atoms with E-state index in [1.54, 1.807) is 18.3 Å². The van der Waals surface area contributed by atoms with Crippen LogP contribution in [0.1, 0.15) is 20.3 Å². The standard InChI is InChI=1S/C13H19ClN2O/c1-13(2)6-8-16(3)11(13)9-17-12-10(14)5-4-7-15-12/h4-5,7,11H,6,8-9H2,1-3H3. The number of likely N-dealkylation sites (tertiary alicyclic amines) is 1. The summed E-state index contributed by atoms with van der Waals surface area (Å²) in [5.74, 6) is 0.533. The van der Waals surface area contributed by atoms with Crippen LogP contribution in [0, 0.1) is 5.41 Å². The largest absolute Gasteiger partial charge is 0.475 e. The zero-order valence-electron chi connectivity index (χ0n) is 10.6. The molecular weight excluding hydrogens is 236 g/mol. The Morgan fingerprint density at radius 1 is 1.59 bits per heavy atom. The van der Waals surface area contributed by atoms with Gasteiger partial charge in [-0.25, -0.2) is 4.98 Å². The highest BCUT2D eigenvalue weighted by Crippen LogP contribution is 2.35. The minimum Gasteiger partial charge on any atom is -0.475 e. The molecule has 2 rings (SSSR count). The summed E-state index contributed by atoms with van der Waals surface area (Å²) in [7, 11) is 2.14. The lowest BCUT2D eigenvalue weighted by Gasteiger charge is -2.30. The van der Waals surface area contributed by atoms with Gasteiger partial charge in [0, 0.05) is 12.2 Å². The topological polar surface area (TPSA) is 25.4 Å². The van der Waals surface area contributed by atoms with E-state index in [-0.39, 0.29) is 5.41 Å². The van der Waals surface area contributed by atoms with Crippen LogP contribution in [0.15, 0.2) is 18.3 Å². The molecule has 4 heteroatoms. The molecule has 0 spiro atoms. The molecule has 94 valence electrons. The Bertz CT molecular complexity index is 395. The summed E-state index contributed by atoms with van der Waals surface area (Å²) in [6.07, 6.45) is 2.90. The summed E-state index contributed by atoms with van der Waals surface area (Å²) < 4.78 is 5.74. The van der Waals surface area contributed by atoms with Crippen LogP contribution < -0.4 is 4.74 Å². The van der Waals surface area contributed by atoms with Crippen LogP contribution in [0.4, 0.5) is 0 Å². The van der Waals surface area contributed by atoms with E-state index < -0.39 is 0 Å². The van der Waals surface area contributed by atoms with Gasteiger partial charge in [0.25, 0.3) is 0 Å². The first kappa shape index (κ1) is 12.7. The van der Waals surface area contributed by atoms with E-state index in [1.807, 2.05) is 0 Å². The Kier molecular flexibility index (Phi) is 3.59. The first-order valence-electron chi connectivity index (χ1n) is 5.94. The second kappa shape index (κ2) is 4.83. The number of nitrogens with zero attached hydrogens (tertiary/aromatic N) is 2. The Morgan fingerprint density at radius 3 is 2.94 bits per heavy atom. The molecule has 0 amide bonds. The van der Waals surface area contributed by atoms with Gasteiger partial charge in [-0.15, -0.1) is 0 Å². The molecule has 1 fully saturated rings. The van der Waals surface area contributed by atoms with Crippen molar-refractivity contribution in [2.24, 2.45) is 5.41 Å². The van der Waals surface area contributed by atoms with Crippen molar-refractivity contribution in [2.45, 2.75) is 26.3 Å². The van der Waals surface area contributed by atoms with Crippen molar-refractivity contribution in [3.63, 3.8) is 0 Å². The molecule has 0 aromatic carbocycles. The van der Waals surface area contributed by atoms with E-state index in [2.05, 4.69) is 30.8 Å². The van der Waals surface area contributed by atoms with E-state index in [4.69, 9.17) is 16.3 Å². The number of halogens is 1. The molecule has 0 bridgehead atoms. The van der Waals surface area contributed by atoms with Gasteiger partial charge in [0.1, 0.15) is 11.6 Å². The zero-order chi connectivity index (χ0) is 12.5. The minimum absolute atomic E-state index is 0.288. The van der Waals surface area contributed by atoms with Gasteiger partial charge in [-0.05, 0) is 37.6 Å². The molecule has 1 unspecified atom stereocenters. The third-order valence-corrected chi connectivity index (χ3v) is 3.93. The fourth-order valence-corrected chi connectivity index (χ4v) is 2.55. The molecule has 1 aliphatic rings. The second-order valence-electron chi connectivity index (χ2n) is 5.34. The molecule has 0 aliphatic carbocycles. The molecular formula is C13H19ClN2O. The van der Waals surface area contributed by atoms with Crippen LogP contribution in [0.2, 0.25) is 5.02 Å². The predicted octanol–water partition coefficient (Wildman–Crippen LogP) is 2.84. The maximum Gasteiger partial charge on any atom is 0.232 e. The van der Waals surface area contributed by atoms with Crippen molar-refractivity contribution >= 4 is 11.6 Å². The molecule has 0 N–H and O–H groups in total. The van der Waals surface area contributed by atoms with Crippen molar-refractivity contribution in [3.8, 4) is 5.88 Å². The fraction of sp³-hybridized carbons (Fsp3) is 0.615. The second-order valence-corrected chi connectivity index (χ2v) is 5.74. The molecule has 17 heavy (non-hydrogen) atoms. The number of pyridine rings is 1. The number of aromatic nitrogens is 1. The van der Waals surface area contributed by atoms with Crippen LogP contribution in [0.3, 0.4) is 0 Å². The monoisotopic (exact) mass is 254 g/mol. The Balaban J connectivity index is 2.01. The number of ether oxygens (including phenoxy) is 1. The molecule has 1 aromatic heterocycles. The van der Waals surface area contributed by atoms with E-state index in [0.29, 0.717) is 23.6 Å². The summed E-state index contributed by atoms with van der Waals surface area (Å²) in [4.78, 5) is 6.48. The van der Waals surface area contributed by atoms with Gasteiger partial charge in [-0.2, -0.15) is 0 Å². The molecule has 0 radical (unpaired) electrons. The Labute approximate surface area is 108 Å². The summed E-state index contributed by atoms with van der Waals surface area (Å²) in [5.41, 5.74) is 0.288. The van der Waals surface area contributed by atoms with Gasteiger partial charge in [-0.1, -0.05) is 25.4 Å². The summed E-state index contributed by atoms with van der Waals surface area (Å²) in [6, 6.07) is 4.02. The smallest absolute Gasteiger partial charge is 0.232 e. The maximum atomic E-state index is 6.02. The lowest BCUT2D eigenvalue weighted by atomic mass is 9.85. The fourth-order valence-electron chi connectivity index (χ4n) is 2.37.